The molecule has 0 radical (unpaired) electrons. The molecular weight excluding hydrogens is 269 g/mol. The van der Waals surface area contributed by atoms with Gasteiger partial charge >= 0.3 is 0 Å². The van der Waals surface area contributed by atoms with Crippen LogP contribution in [-0.4, -0.2) is 15.7 Å². The first-order chi connectivity index (χ1) is 9.10. The number of benzene rings is 1. The van der Waals surface area contributed by atoms with Crippen molar-refractivity contribution >= 4 is 23.3 Å². The summed E-state index contributed by atoms with van der Waals surface area (Å²) in [7, 11) is 0. The largest absolute Gasteiger partial charge is 0.308 e. The van der Waals surface area contributed by atoms with Gasteiger partial charge in [0, 0.05) is 18.2 Å². The monoisotopic (exact) mass is 281 g/mol. The Morgan fingerprint density at radius 2 is 2.21 bits per heavy atom. The van der Waals surface area contributed by atoms with E-state index in [1.165, 1.54) is 10.7 Å². The minimum Gasteiger partial charge on any atom is -0.308 e. The number of rotatable bonds is 4. The molecule has 0 spiro atoms. The van der Waals surface area contributed by atoms with Crippen molar-refractivity contribution in [1.29, 1.82) is 0 Å². The minimum absolute atomic E-state index is 0.168. The molecule has 0 saturated heterocycles. The third-order valence-electron chi connectivity index (χ3n) is 2.59. The van der Waals surface area contributed by atoms with Crippen LogP contribution in [0.1, 0.15) is 18.9 Å². The molecule has 0 aliphatic carbocycles. The van der Waals surface area contributed by atoms with Crippen LogP contribution in [-0.2, 0) is 11.3 Å². The lowest BCUT2D eigenvalue weighted by Gasteiger charge is -2.03. The molecule has 0 fully saturated rings. The van der Waals surface area contributed by atoms with Crippen molar-refractivity contribution in [2.75, 3.05) is 5.32 Å². The number of hydrogen-bond acceptors (Lipinski definition) is 2. The van der Waals surface area contributed by atoms with Gasteiger partial charge in [-0.15, -0.1) is 0 Å². The summed E-state index contributed by atoms with van der Waals surface area (Å²) in [4.78, 5) is 11.3. The summed E-state index contributed by atoms with van der Waals surface area (Å²) >= 11 is 5.96. The number of hydrogen-bond donors (Lipinski definition) is 1. The van der Waals surface area contributed by atoms with Crippen LogP contribution >= 0.6 is 11.6 Å². The highest BCUT2D eigenvalue weighted by Gasteiger charge is 2.10. The average Bonchev–Trinajstić information content (AvgIpc) is 2.72. The first kappa shape index (κ1) is 13.5. The van der Waals surface area contributed by atoms with Gasteiger partial charge in [-0.3, -0.25) is 9.48 Å². The molecule has 0 unspecified atom stereocenters. The SMILES string of the molecule is CCC(=O)Nc1nn(Cc2ccccc2F)cc1Cl. The number of nitrogens with one attached hydrogen (secondary N) is 1. The highest BCUT2D eigenvalue weighted by atomic mass is 35.5. The minimum atomic E-state index is -0.298. The van der Waals surface area contributed by atoms with Crippen molar-refractivity contribution in [2.45, 2.75) is 19.9 Å². The third-order valence-corrected chi connectivity index (χ3v) is 2.86. The number of carbonyl (C=O) groups is 1. The van der Waals surface area contributed by atoms with Crippen molar-refractivity contribution in [3.8, 4) is 0 Å². The quantitative estimate of drug-likeness (QED) is 0.936. The fourth-order valence-corrected chi connectivity index (χ4v) is 1.78. The smallest absolute Gasteiger partial charge is 0.225 e. The lowest BCUT2D eigenvalue weighted by Crippen LogP contribution is -2.11. The van der Waals surface area contributed by atoms with Gasteiger partial charge < -0.3 is 5.32 Å². The van der Waals surface area contributed by atoms with Gasteiger partial charge in [-0.05, 0) is 6.07 Å². The zero-order valence-electron chi connectivity index (χ0n) is 10.4. The molecule has 1 N–H and O–H groups in total. The first-order valence-corrected chi connectivity index (χ1v) is 6.24. The lowest BCUT2D eigenvalue weighted by atomic mass is 10.2. The van der Waals surface area contributed by atoms with Crippen LogP contribution in [0.5, 0.6) is 0 Å². The maximum absolute atomic E-state index is 13.5. The molecular formula is C13H13ClFN3O. The Hall–Kier alpha value is -1.88. The fraction of sp³-hybridized carbons (Fsp3) is 0.231. The van der Waals surface area contributed by atoms with E-state index >= 15 is 0 Å². The molecule has 1 amide bonds. The van der Waals surface area contributed by atoms with Crippen LogP contribution < -0.4 is 5.32 Å². The molecule has 1 heterocycles. The Morgan fingerprint density at radius 1 is 1.47 bits per heavy atom. The number of carbonyl (C=O) groups excluding carboxylic acids is 1. The van der Waals surface area contributed by atoms with E-state index in [1.54, 1.807) is 31.3 Å². The van der Waals surface area contributed by atoms with Gasteiger partial charge in [0.2, 0.25) is 5.91 Å². The second kappa shape index (κ2) is 5.84. The van der Waals surface area contributed by atoms with Crippen molar-refractivity contribution < 1.29 is 9.18 Å². The number of anilines is 1. The zero-order valence-corrected chi connectivity index (χ0v) is 11.1. The summed E-state index contributed by atoms with van der Waals surface area (Å²) in [5.41, 5.74) is 0.509. The number of nitrogens with zero attached hydrogens (tertiary/aromatic N) is 2. The Labute approximate surface area is 115 Å². The molecule has 1 aromatic heterocycles. The van der Waals surface area contributed by atoms with Crippen LogP contribution in [0.2, 0.25) is 5.02 Å². The normalized spacial score (nSPS) is 10.5. The molecule has 19 heavy (non-hydrogen) atoms. The molecule has 0 atom stereocenters. The number of halogens is 2. The van der Waals surface area contributed by atoms with Gasteiger partial charge in [0.25, 0.3) is 0 Å². The molecule has 6 heteroatoms. The van der Waals surface area contributed by atoms with Crippen LogP contribution in [0.3, 0.4) is 0 Å². The molecule has 2 rings (SSSR count). The summed E-state index contributed by atoms with van der Waals surface area (Å²) in [6.07, 6.45) is 1.90. The second-order valence-electron chi connectivity index (χ2n) is 4.02. The van der Waals surface area contributed by atoms with E-state index < -0.39 is 0 Å². The lowest BCUT2D eigenvalue weighted by molar-refractivity contribution is -0.115. The van der Waals surface area contributed by atoms with E-state index in [0.717, 1.165) is 0 Å². The van der Waals surface area contributed by atoms with Crippen LogP contribution in [0.4, 0.5) is 10.2 Å². The van der Waals surface area contributed by atoms with E-state index in [9.17, 15) is 9.18 Å². The maximum Gasteiger partial charge on any atom is 0.225 e. The molecule has 100 valence electrons. The van der Waals surface area contributed by atoms with Gasteiger partial charge in [-0.1, -0.05) is 36.7 Å². The van der Waals surface area contributed by atoms with Crippen molar-refractivity contribution in [3.63, 3.8) is 0 Å². The van der Waals surface area contributed by atoms with Gasteiger partial charge in [0.15, 0.2) is 5.82 Å². The fourth-order valence-electron chi connectivity index (χ4n) is 1.58. The van der Waals surface area contributed by atoms with Crippen LogP contribution in [0, 0.1) is 5.82 Å². The van der Waals surface area contributed by atoms with E-state index in [-0.39, 0.29) is 18.3 Å². The summed E-state index contributed by atoms with van der Waals surface area (Å²) in [6, 6.07) is 6.44. The molecule has 2 aromatic rings. The highest BCUT2D eigenvalue weighted by molar-refractivity contribution is 6.33. The number of amides is 1. The third kappa shape index (κ3) is 3.32. The summed E-state index contributed by atoms with van der Waals surface area (Å²) in [6.45, 7) is 1.99. The molecule has 1 aromatic carbocycles. The van der Waals surface area contributed by atoms with E-state index in [2.05, 4.69) is 10.4 Å². The topological polar surface area (TPSA) is 46.9 Å². The molecule has 0 saturated carbocycles. The Kier molecular flexibility index (Phi) is 4.16. The van der Waals surface area contributed by atoms with Crippen molar-refractivity contribution in [1.82, 2.24) is 9.78 Å². The molecule has 0 aliphatic rings. The van der Waals surface area contributed by atoms with Gasteiger partial charge in [-0.2, -0.15) is 5.10 Å². The Balaban J connectivity index is 2.16. The maximum atomic E-state index is 13.5. The zero-order chi connectivity index (χ0) is 13.8. The average molecular weight is 282 g/mol. The van der Waals surface area contributed by atoms with Gasteiger partial charge in [-0.25, -0.2) is 4.39 Å². The van der Waals surface area contributed by atoms with Gasteiger partial charge in [0.1, 0.15) is 10.8 Å². The van der Waals surface area contributed by atoms with Gasteiger partial charge in [0.05, 0.1) is 6.54 Å². The van der Waals surface area contributed by atoms with E-state index in [1.807, 2.05) is 0 Å². The molecule has 0 bridgehead atoms. The highest BCUT2D eigenvalue weighted by Crippen LogP contribution is 2.20. The first-order valence-electron chi connectivity index (χ1n) is 5.86. The predicted molar refractivity (Wildman–Crippen MR) is 71.7 cm³/mol. The van der Waals surface area contributed by atoms with E-state index in [0.29, 0.717) is 22.8 Å². The standard InChI is InChI=1S/C13H13ClFN3O/c1-2-12(19)16-13-10(14)8-18(17-13)7-9-5-3-4-6-11(9)15/h3-6,8H,2,7H2,1H3,(H,16,17,19). The predicted octanol–water partition coefficient (Wildman–Crippen LogP) is 3.07. The Morgan fingerprint density at radius 3 is 2.89 bits per heavy atom. The van der Waals surface area contributed by atoms with Crippen LogP contribution in [0.25, 0.3) is 0 Å². The van der Waals surface area contributed by atoms with Crippen molar-refractivity contribution in [2.24, 2.45) is 0 Å². The van der Waals surface area contributed by atoms with Crippen LogP contribution in [0.15, 0.2) is 30.5 Å². The summed E-state index contributed by atoms with van der Waals surface area (Å²) < 4.78 is 15.0. The Bertz CT molecular complexity index is 597. The van der Waals surface area contributed by atoms with E-state index in [4.69, 9.17) is 11.6 Å². The summed E-state index contributed by atoms with van der Waals surface area (Å²) in [5.74, 6) is -0.170. The van der Waals surface area contributed by atoms with Crippen molar-refractivity contribution in [3.05, 3.63) is 46.9 Å². The molecule has 0 aliphatic heterocycles. The summed E-state index contributed by atoms with van der Waals surface area (Å²) in [5, 5.41) is 7.04. The second-order valence-corrected chi connectivity index (χ2v) is 4.42. The number of aromatic nitrogens is 2. The molecule has 4 nitrogen and oxygen atoms in total.